The second-order valence-electron chi connectivity index (χ2n) is 9.16. The number of aromatic amines is 1. The molecule has 2 N–H and O–H groups in total. The number of hydrogen-bond donors (Lipinski definition) is 2. The maximum absolute atomic E-state index is 13.2. The molecule has 0 saturated carbocycles. The van der Waals surface area contributed by atoms with E-state index in [1.165, 1.54) is 0 Å². The first-order chi connectivity index (χ1) is 17.1. The highest BCUT2D eigenvalue weighted by atomic mass is 16.5. The van der Waals surface area contributed by atoms with E-state index < -0.39 is 0 Å². The Hall–Kier alpha value is -4.00. The summed E-state index contributed by atoms with van der Waals surface area (Å²) in [5.41, 5.74) is 3.68. The summed E-state index contributed by atoms with van der Waals surface area (Å²) in [4.78, 5) is 25.3. The van der Waals surface area contributed by atoms with Crippen LogP contribution in [0.1, 0.15) is 29.9 Å². The fourth-order valence-electron chi connectivity index (χ4n) is 4.42. The minimum atomic E-state index is 0.0224. The van der Waals surface area contributed by atoms with E-state index >= 15 is 0 Å². The van der Waals surface area contributed by atoms with Crippen LogP contribution in [0.5, 0.6) is 5.75 Å². The van der Waals surface area contributed by atoms with Gasteiger partial charge in [0.15, 0.2) is 5.82 Å². The molecular formula is C28H31N5O2. The summed E-state index contributed by atoms with van der Waals surface area (Å²) in [6.07, 6.45) is 1.82. The third-order valence-corrected chi connectivity index (χ3v) is 6.17. The Morgan fingerprint density at radius 2 is 1.83 bits per heavy atom. The molecule has 4 aromatic rings. The number of aromatic nitrogens is 2. The standard InChI is InChI=1S/C28H31N5O2/c1-20(2)30-25-9-6-12-29-27(25)32-13-15-33(16-14-32)28(34)26-18-22-17-23(10-11-24(22)31-26)35-19-21-7-4-3-5-8-21/h3-12,17-18,20,30-31H,13-16,19H2,1-2H3. The van der Waals surface area contributed by atoms with E-state index in [4.69, 9.17) is 4.74 Å². The average molecular weight is 470 g/mol. The van der Waals surface area contributed by atoms with Gasteiger partial charge in [-0.15, -0.1) is 0 Å². The Bertz CT molecular complexity index is 1290. The Kier molecular flexibility index (Phi) is 6.57. The number of anilines is 2. The van der Waals surface area contributed by atoms with Gasteiger partial charge in [-0.05, 0) is 55.8 Å². The number of piperazine rings is 1. The van der Waals surface area contributed by atoms with Crippen molar-refractivity contribution in [1.29, 1.82) is 0 Å². The highest BCUT2D eigenvalue weighted by molar-refractivity contribution is 5.98. The molecule has 0 atom stereocenters. The van der Waals surface area contributed by atoms with Gasteiger partial charge in [-0.3, -0.25) is 4.79 Å². The van der Waals surface area contributed by atoms with Crippen molar-refractivity contribution in [3.8, 4) is 5.75 Å². The molecule has 1 saturated heterocycles. The lowest BCUT2D eigenvalue weighted by Crippen LogP contribution is -2.49. The molecule has 0 aliphatic carbocycles. The summed E-state index contributed by atoms with van der Waals surface area (Å²) in [5, 5.41) is 4.44. The Morgan fingerprint density at radius 3 is 2.60 bits per heavy atom. The van der Waals surface area contributed by atoms with Crippen LogP contribution in [0.3, 0.4) is 0 Å². The van der Waals surface area contributed by atoms with Crippen molar-refractivity contribution >= 4 is 28.3 Å². The van der Waals surface area contributed by atoms with Gasteiger partial charge in [-0.1, -0.05) is 30.3 Å². The van der Waals surface area contributed by atoms with Crippen LogP contribution in [0, 0.1) is 0 Å². The van der Waals surface area contributed by atoms with Crippen molar-refractivity contribution in [3.63, 3.8) is 0 Å². The maximum atomic E-state index is 13.2. The van der Waals surface area contributed by atoms with E-state index in [2.05, 4.69) is 40.1 Å². The number of benzene rings is 2. The molecule has 7 nitrogen and oxygen atoms in total. The Balaban J connectivity index is 1.23. The van der Waals surface area contributed by atoms with E-state index in [1.54, 1.807) is 0 Å². The van der Waals surface area contributed by atoms with Crippen LogP contribution in [0.15, 0.2) is 72.9 Å². The van der Waals surface area contributed by atoms with Crippen molar-refractivity contribution in [2.45, 2.75) is 26.5 Å². The number of nitrogens with one attached hydrogen (secondary N) is 2. The second kappa shape index (κ2) is 10.1. The lowest BCUT2D eigenvalue weighted by molar-refractivity contribution is 0.0741. The number of nitrogens with zero attached hydrogens (tertiary/aromatic N) is 3. The van der Waals surface area contributed by atoms with Gasteiger partial charge in [-0.2, -0.15) is 0 Å². The summed E-state index contributed by atoms with van der Waals surface area (Å²) in [6, 6.07) is 22.2. The molecule has 3 heterocycles. The highest BCUT2D eigenvalue weighted by Crippen LogP contribution is 2.26. The summed E-state index contributed by atoms with van der Waals surface area (Å²) < 4.78 is 5.95. The first-order valence-corrected chi connectivity index (χ1v) is 12.1. The van der Waals surface area contributed by atoms with E-state index in [9.17, 15) is 4.79 Å². The molecule has 0 bridgehead atoms. The smallest absolute Gasteiger partial charge is 0.270 e. The quantitative estimate of drug-likeness (QED) is 0.402. The number of H-pyrrole nitrogens is 1. The summed E-state index contributed by atoms with van der Waals surface area (Å²) in [5.74, 6) is 1.75. The van der Waals surface area contributed by atoms with Gasteiger partial charge >= 0.3 is 0 Å². The Morgan fingerprint density at radius 1 is 1.03 bits per heavy atom. The Labute approximate surface area is 205 Å². The third kappa shape index (κ3) is 5.24. The monoisotopic (exact) mass is 469 g/mol. The van der Waals surface area contributed by atoms with Gasteiger partial charge in [-0.25, -0.2) is 4.98 Å². The predicted molar refractivity (Wildman–Crippen MR) is 140 cm³/mol. The SMILES string of the molecule is CC(C)Nc1cccnc1N1CCN(C(=O)c2cc3cc(OCc4ccccc4)ccc3[nH]2)CC1. The fraction of sp³-hybridized carbons (Fsp3) is 0.286. The average Bonchev–Trinajstić information content (AvgIpc) is 3.31. The van der Waals surface area contributed by atoms with Crippen LogP contribution in [0.4, 0.5) is 11.5 Å². The fourth-order valence-corrected chi connectivity index (χ4v) is 4.42. The number of fused-ring (bicyclic) bond motifs is 1. The van der Waals surface area contributed by atoms with Crippen LogP contribution < -0.4 is 15.0 Å². The first-order valence-electron chi connectivity index (χ1n) is 12.1. The molecule has 1 aliphatic rings. The molecule has 1 amide bonds. The molecule has 0 unspecified atom stereocenters. The third-order valence-electron chi connectivity index (χ3n) is 6.17. The minimum Gasteiger partial charge on any atom is -0.489 e. The molecular weight excluding hydrogens is 438 g/mol. The van der Waals surface area contributed by atoms with E-state index in [1.807, 2.05) is 71.8 Å². The summed E-state index contributed by atoms with van der Waals surface area (Å²) in [6.45, 7) is 7.53. The van der Waals surface area contributed by atoms with E-state index in [-0.39, 0.29) is 5.91 Å². The molecule has 5 rings (SSSR count). The second-order valence-corrected chi connectivity index (χ2v) is 9.16. The molecule has 0 radical (unpaired) electrons. The van der Waals surface area contributed by atoms with Crippen LogP contribution >= 0.6 is 0 Å². The van der Waals surface area contributed by atoms with Crippen LogP contribution in [-0.4, -0.2) is 53.0 Å². The summed E-state index contributed by atoms with van der Waals surface area (Å²) in [7, 11) is 0. The van der Waals surface area contributed by atoms with Crippen molar-refractivity contribution in [2.24, 2.45) is 0 Å². The molecule has 1 fully saturated rings. The zero-order chi connectivity index (χ0) is 24.2. The lowest BCUT2D eigenvalue weighted by atomic mass is 10.2. The molecule has 1 aliphatic heterocycles. The molecule has 7 heteroatoms. The van der Waals surface area contributed by atoms with Crippen LogP contribution in [0.25, 0.3) is 10.9 Å². The van der Waals surface area contributed by atoms with Gasteiger partial charge in [0.2, 0.25) is 0 Å². The van der Waals surface area contributed by atoms with Crippen LogP contribution in [0.2, 0.25) is 0 Å². The van der Waals surface area contributed by atoms with Gasteiger partial charge in [0.25, 0.3) is 5.91 Å². The highest BCUT2D eigenvalue weighted by Gasteiger charge is 2.25. The summed E-state index contributed by atoms with van der Waals surface area (Å²) >= 11 is 0. The van der Waals surface area contributed by atoms with Gasteiger partial charge in [0, 0.05) is 49.3 Å². The molecule has 0 spiro atoms. The van der Waals surface area contributed by atoms with Crippen LogP contribution in [-0.2, 0) is 6.61 Å². The largest absolute Gasteiger partial charge is 0.489 e. The number of ether oxygens (including phenoxy) is 1. The lowest BCUT2D eigenvalue weighted by Gasteiger charge is -2.36. The first kappa shape index (κ1) is 22.8. The zero-order valence-corrected chi connectivity index (χ0v) is 20.2. The van der Waals surface area contributed by atoms with Gasteiger partial charge in [0.1, 0.15) is 18.1 Å². The maximum Gasteiger partial charge on any atom is 0.270 e. The predicted octanol–water partition coefficient (Wildman–Crippen LogP) is 4.92. The zero-order valence-electron chi connectivity index (χ0n) is 20.2. The van der Waals surface area contributed by atoms with Crippen molar-refractivity contribution in [2.75, 3.05) is 36.4 Å². The van der Waals surface area contributed by atoms with Crippen molar-refractivity contribution in [1.82, 2.24) is 14.9 Å². The molecule has 2 aromatic heterocycles. The van der Waals surface area contributed by atoms with Gasteiger partial charge in [0.05, 0.1) is 5.69 Å². The number of amides is 1. The van der Waals surface area contributed by atoms with Crippen molar-refractivity contribution < 1.29 is 9.53 Å². The minimum absolute atomic E-state index is 0.0224. The number of pyridine rings is 1. The van der Waals surface area contributed by atoms with E-state index in [0.717, 1.165) is 46.8 Å². The normalized spacial score (nSPS) is 13.9. The number of hydrogen-bond acceptors (Lipinski definition) is 5. The topological polar surface area (TPSA) is 73.5 Å². The molecule has 180 valence electrons. The molecule has 35 heavy (non-hydrogen) atoms. The van der Waals surface area contributed by atoms with E-state index in [0.29, 0.717) is 31.4 Å². The number of carbonyl (C=O) groups is 1. The van der Waals surface area contributed by atoms with Gasteiger partial charge < -0.3 is 24.8 Å². The number of rotatable bonds is 7. The van der Waals surface area contributed by atoms with Crippen molar-refractivity contribution in [3.05, 3.63) is 84.2 Å². The number of carbonyl (C=O) groups excluding carboxylic acids is 1. The molecule has 2 aromatic carbocycles.